The van der Waals surface area contributed by atoms with Gasteiger partial charge in [-0.2, -0.15) is 0 Å². The van der Waals surface area contributed by atoms with Crippen molar-refractivity contribution in [3.05, 3.63) is 51.1 Å². The molecule has 0 amide bonds. The molecule has 3 unspecified atom stereocenters. The minimum Gasteiger partial charge on any atom is -0.377 e. The van der Waals surface area contributed by atoms with Gasteiger partial charge in [-0.3, -0.25) is 9.69 Å². The van der Waals surface area contributed by atoms with Gasteiger partial charge in [-0.05, 0) is 91.1 Å². The zero-order chi connectivity index (χ0) is 25.1. The van der Waals surface area contributed by atoms with Gasteiger partial charge in [0.1, 0.15) is 0 Å². The fourth-order valence-electron chi connectivity index (χ4n) is 5.52. The molecule has 5 rings (SSSR count). The summed E-state index contributed by atoms with van der Waals surface area (Å²) in [5.41, 5.74) is 3.98. The summed E-state index contributed by atoms with van der Waals surface area (Å²) in [5, 5.41) is 13.9. The van der Waals surface area contributed by atoms with Gasteiger partial charge in [0.15, 0.2) is 5.82 Å². The second kappa shape index (κ2) is 11.2. The highest BCUT2D eigenvalue weighted by Crippen LogP contribution is 2.29. The van der Waals surface area contributed by atoms with Crippen LogP contribution in [0, 0.1) is 13.8 Å². The van der Waals surface area contributed by atoms with E-state index in [0.29, 0.717) is 13.1 Å². The third-order valence-electron chi connectivity index (χ3n) is 7.63. The van der Waals surface area contributed by atoms with E-state index in [-0.39, 0.29) is 23.8 Å². The Bertz CT molecular complexity index is 1230. The molecule has 2 aliphatic rings. The van der Waals surface area contributed by atoms with Crippen LogP contribution in [0.15, 0.2) is 23.0 Å². The van der Waals surface area contributed by atoms with Crippen LogP contribution >= 0.6 is 0 Å². The number of nitrogens with zero attached hydrogens (tertiary/aromatic N) is 5. The molecule has 4 heterocycles. The number of H-pyrrole nitrogens is 1. The Morgan fingerprint density at radius 1 is 1.11 bits per heavy atom. The molecule has 2 aromatic heterocycles. The number of aromatic nitrogens is 5. The normalized spacial score (nSPS) is 21.1. The predicted molar refractivity (Wildman–Crippen MR) is 138 cm³/mol. The van der Waals surface area contributed by atoms with Crippen LogP contribution in [0.2, 0.25) is 0 Å². The molecule has 2 saturated heterocycles. The molecule has 0 saturated carbocycles. The lowest BCUT2D eigenvalue weighted by Crippen LogP contribution is -2.38. The number of nitrogens with one attached hydrogen (secondary N) is 1. The molecular weight excluding hydrogens is 456 g/mol. The number of aromatic amines is 1. The van der Waals surface area contributed by atoms with Gasteiger partial charge in [0, 0.05) is 37.4 Å². The maximum Gasteiger partial charge on any atom is 0.252 e. The maximum absolute atomic E-state index is 13.2. The third kappa shape index (κ3) is 5.53. The largest absolute Gasteiger partial charge is 0.377 e. The SMILES string of the molecule is CCCC(c1nnnn1CC1CCCO1)N(Cc1cc2cc(C)c(C)cc2[nH]c1=O)CC1CCCO1. The Hall–Kier alpha value is -2.62. The Morgan fingerprint density at radius 3 is 2.58 bits per heavy atom. The number of rotatable bonds is 10. The molecule has 194 valence electrons. The molecule has 3 atom stereocenters. The van der Waals surface area contributed by atoms with Crippen LogP contribution in [0.25, 0.3) is 10.9 Å². The fraction of sp³-hybridized carbons (Fsp3) is 0.630. The summed E-state index contributed by atoms with van der Waals surface area (Å²) >= 11 is 0. The van der Waals surface area contributed by atoms with E-state index in [4.69, 9.17) is 9.47 Å². The van der Waals surface area contributed by atoms with Crippen LogP contribution in [-0.2, 0) is 22.6 Å². The van der Waals surface area contributed by atoms with Crippen LogP contribution in [0.3, 0.4) is 0 Å². The monoisotopic (exact) mass is 494 g/mol. The van der Waals surface area contributed by atoms with Gasteiger partial charge in [0.2, 0.25) is 0 Å². The van der Waals surface area contributed by atoms with Gasteiger partial charge < -0.3 is 14.5 Å². The van der Waals surface area contributed by atoms with Crippen LogP contribution in [0.4, 0.5) is 0 Å². The number of ether oxygens (including phenoxy) is 2. The number of benzene rings is 1. The van der Waals surface area contributed by atoms with Crippen LogP contribution in [0.1, 0.15) is 74.0 Å². The second-order valence-electron chi connectivity index (χ2n) is 10.4. The molecule has 0 spiro atoms. The van der Waals surface area contributed by atoms with Gasteiger partial charge in [0.25, 0.3) is 5.56 Å². The Balaban J connectivity index is 1.48. The van der Waals surface area contributed by atoms with Crippen molar-refractivity contribution in [1.82, 2.24) is 30.1 Å². The lowest BCUT2D eigenvalue weighted by atomic mass is 10.0. The molecule has 2 fully saturated rings. The summed E-state index contributed by atoms with van der Waals surface area (Å²) in [6.07, 6.45) is 6.38. The van der Waals surface area contributed by atoms with Crippen molar-refractivity contribution in [2.45, 2.75) is 90.6 Å². The van der Waals surface area contributed by atoms with E-state index in [1.165, 1.54) is 11.1 Å². The summed E-state index contributed by atoms with van der Waals surface area (Å²) in [5.74, 6) is 0.842. The first-order valence-electron chi connectivity index (χ1n) is 13.4. The lowest BCUT2D eigenvalue weighted by molar-refractivity contribution is 0.0457. The first kappa shape index (κ1) is 25.0. The molecule has 1 aromatic carbocycles. The van der Waals surface area contributed by atoms with Crippen molar-refractivity contribution in [3.8, 4) is 0 Å². The molecule has 0 radical (unpaired) electrons. The second-order valence-corrected chi connectivity index (χ2v) is 10.4. The van der Waals surface area contributed by atoms with Gasteiger partial charge in [-0.25, -0.2) is 4.68 Å². The van der Waals surface area contributed by atoms with Crippen molar-refractivity contribution in [2.24, 2.45) is 0 Å². The first-order valence-corrected chi connectivity index (χ1v) is 13.4. The maximum atomic E-state index is 13.2. The quantitative estimate of drug-likeness (QED) is 0.457. The summed E-state index contributed by atoms with van der Waals surface area (Å²) in [6, 6.07) is 6.23. The molecule has 3 aromatic rings. The van der Waals surface area contributed by atoms with E-state index in [9.17, 15) is 4.79 Å². The molecule has 0 aliphatic carbocycles. The molecule has 9 nitrogen and oxygen atoms in total. The first-order chi connectivity index (χ1) is 17.5. The highest BCUT2D eigenvalue weighted by Gasteiger charge is 2.31. The lowest BCUT2D eigenvalue weighted by Gasteiger charge is -2.32. The van der Waals surface area contributed by atoms with Crippen molar-refractivity contribution < 1.29 is 9.47 Å². The number of pyridine rings is 1. The Morgan fingerprint density at radius 2 is 1.86 bits per heavy atom. The van der Waals surface area contributed by atoms with Crippen LogP contribution in [-0.4, -0.2) is 62.1 Å². The van der Waals surface area contributed by atoms with Crippen LogP contribution < -0.4 is 5.56 Å². The van der Waals surface area contributed by atoms with Crippen LogP contribution in [0.5, 0.6) is 0 Å². The number of fused-ring (bicyclic) bond motifs is 1. The molecule has 2 aliphatic heterocycles. The smallest absolute Gasteiger partial charge is 0.252 e. The van der Waals surface area contributed by atoms with Gasteiger partial charge >= 0.3 is 0 Å². The Labute approximate surface area is 212 Å². The van der Waals surface area contributed by atoms with E-state index < -0.39 is 0 Å². The number of hydrogen-bond donors (Lipinski definition) is 1. The Kier molecular flexibility index (Phi) is 7.79. The van der Waals surface area contributed by atoms with Crippen molar-refractivity contribution in [2.75, 3.05) is 19.8 Å². The highest BCUT2D eigenvalue weighted by molar-refractivity contribution is 5.80. The molecule has 9 heteroatoms. The summed E-state index contributed by atoms with van der Waals surface area (Å²) in [6.45, 7) is 9.86. The van der Waals surface area contributed by atoms with Crippen molar-refractivity contribution in [1.29, 1.82) is 0 Å². The highest BCUT2D eigenvalue weighted by atomic mass is 16.5. The van der Waals surface area contributed by atoms with Gasteiger partial charge in [-0.1, -0.05) is 13.3 Å². The van der Waals surface area contributed by atoms with E-state index in [1.54, 1.807) is 0 Å². The molecule has 36 heavy (non-hydrogen) atoms. The minimum atomic E-state index is -0.0442. The third-order valence-corrected chi connectivity index (χ3v) is 7.63. The number of aryl methyl sites for hydroxylation is 2. The number of tetrazole rings is 1. The summed E-state index contributed by atoms with van der Waals surface area (Å²) in [7, 11) is 0. The van der Waals surface area contributed by atoms with Crippen molar-refractivity contribution in [3.63, 3.8) is 0 Å². The average molecular weight is 495 g/mol. The predicted octanol–water partition coefficient (Wildman–Crippen LogP) is 3.83. The van der Waals surface area contributed by atoms with Gasteiger partial charge in [-0.15, -0.1) is 5.10 Å². The zero-order valence-electron chi connectivity index (χ0n) is 21.7. The van der Waals surface area contributed by atoms with E-state index in [1.807, 2.05) is 10.7 Å². The topological polar surface area (TPSA) is 98.2 Å². The summed E-state index contributed by atoms with van der Waals surface area (Å²) in [4.78, 5) is 18.7. The fourth-order valence-corrected chi connectivity index (χ4v) is 5.52. The van der Waals surface area contributed by atoms with E-state index >= 15 is 0 Å². The van der Waals surface area contributed by atoms with Gasteiger partial charge in [0.05, 0.1) is 24.8 Å². The summed E-state index contributed by atoms with van der Waals surface area (Å²) < 4.78 is 13.8. The molecule has 0 bridgehead atoms. The number of hydrogen-bond acceptors (Lipinski definition) is 7. The van der Waals surface area contributed by atoms with E-state index in [0.717, 1.165) is 80.6 Å². The molecule has 1 N–H and O–H groups in total. The molecular formula is C27H38N6O3. The zero-order valence-corrected chi connectivity index (χ0v) is 21.7. The standard InChI is InChI=1S/C27H38N6O3/c1-4-7-25(26-29-30-31-33(26)17-23-9-6-11-36-23)32(16-22-8-5-10-35-22)15-21-14-20-12-18(2)19(3)13-24(20)28-27(21)34/h12-14,22-23,25H,4-11,15-17H2,1-3H3,(H,28,34). The minimum absolute atomic E-state index is 0.0227. The van der Waals surface area contributed by atoms with E-state index in [2.05, 4.69) is 58.3 Å². The van der Waals surface area contributed by atoms with Crippen molar-refractivity contribution >= 4 is 10.9 Å². The average Bonchev–Trinajstić information content (AvgIpc) is 3.63.